The molecule has 3 rings (SSSR count). The molecule has 0 amide bonds. The molecule has 2 aromatic rings. The van der Waals surface area contributed by atoms with E-state index in [0.29, 0.717) is 17.3 Å². The summed E-state index contributed by atoms with van der Waals surface area (Å²) >= 11 is 1.82. The Morgan fingerprint density at radius 3 is 3.00 bits per heavy atom. The Labute approximate surface area is 128 Å². The highest BCUT2D eigenvalue weighted by molar-refractivity contribution is 7.10. The van der Waals surface area contributed by atoms with E-state index in [1.807, 2.05) is 23.5 Å². The van der Waals surface area contributed by atoms with Crippen LogP contribution >= 0.6 is 11.3 Å². The van der Waals surface area contributed by atoms with Crippen molar-refractivity contribution in [3.05, 3.63) is 45.6 Å². The minimum atomic E-state index is -0.393. The van der Waals surface area contributed by atoms with Crippen LogP contribution in [0.15, 0.2) is 29.6 Å². The molecule has 4 nitrogen and oxygen atoms in total. The molecule has 1 unspecified atom stereocenters. The van der Waals surface area contributed by atoms with Gasteiger partial charge in [-0.05, 0) is 48.6 Å². The topological polar surface area (TPSA) is 55.6 Å². The van der Waals surface area contributed by atoms with Gasteiger partial charge in [-0.2, -0.15) is 0 Å². The summed E-state index contributed by atoms with van der Waals surface area (Å²) in [7, 11) is 1.37. The summed E-state index contributed by atoms with van der Waals surface area (Å²) in [6, 6.07) is 8.06. The molecule has 0 aliphatic carbocycles. The summed E-state index contributed by atoms with van der Waals surface area (Å²) in [4.78, 5) is 15.6. The lowest BCUT2D eigenvalue weighted by Crippen LogP contribution is -2.33. The molecule has 1 aliphatic heterocycles. The fourth-order valence-corrected chi connectivity index (χ4v) is 3.83. The standard InChI is InChI=1S/C16H18N2O2S/c1-10-12-6-8-21-15(12)5-7-18(10)11-3-4-14(17)13(9-11)16(19)20-2/h3-4,6,8-10H,5,7,17H2,1-2H3. The molecule has 0 fully saturated rings. The summed E-state index contributed by atoms with van der Waals surface area (Å²) in [5.41, 5.74) is 9.14. The Morgan fingerprint density at radius 2 is 2.24 bits per heavy atom. The van der Waals surface area contributed by atoms with Crippen molar-refractivity contribution in [2.24, 2.45) is 0 Å². The summed E-state index contributed by atoms with van der Waals surface area (Å²) in [6.07, 6.45) is 1.04. The van der Waals surface area contributed by atoms with Gasteiger partial charge >= 0.3 is 5.97 Å². The Balaban J connectivity index is 1.96. The predicted molar refractivity (Wildman–Crippen MR) is 86.0 cm³/mol. The summed E-state index contributed by atoms with van der Waals surface area (Å²) in [5, 5.41) is 2.15. The van der Waals surface area contributed by atoms with E-state index in [1.54, 1.807) is 6.07 Å². The third-order valence-corrected chi connectivity index (χ3v) is 5.05. The average Bonchev–Trinajstić information content (AvgIpc) is 2.97. The largest absolute Gasteiger partial charge is 0.465 e. The molecule has 0 saturated heterocycles. The maximum absolute atomic E-state index is 11.8. The first-order valence-corrected chi connectivity index (χ1v) is 7.80. The van der Waals surface area contributed by atoms with Crippen molar-refractivity contribution in [1.82, 2.24) is 0 Å². The summed E-state index contributed by atoms with van der Waals surface area (Å²) in [6.45, 7) is 3.14. The van der Waals surface area contributed by atoms with E-state index < -0.39 is 5.97 Å². The lowest BCUT2D eigenvalue weighted by Gasteiger charge is -2.35. The molecular formula is C16H18N2O2S. The van der Waals surface area contributed by atoms with Crippen LogP contribution in [0.5, 0.6) is 0 Å². The number of benzene rings is 1. The number of anilines is 2. The molecule has 0 bridgehead atoms. The van der Waals surface area contributed by atoms with Gasteiger partial charge in [-0.15, -0.1) is 11.3 Å². The van der Waals surface area contributed by atoms with E-state index in [2.05, 4.69) is 23.3 Å². The zero-order chi connectivity index (χ0) is 15.0. The number of esters is 1. The number of carbonyl (C=O) groups is 1. The van der Waals surface area contributed by atoms with Crippen LogP contribution in [-0.4, -0.2) is 19.6 Å². The number of hydrogen-bond donors (Lipinski definition) is 1. The van der Waals surface area contributed by atoms with E-state index in [1.165, 1.54) is 17.6 Å². The van der Waals surface area contributed by atoms with Crippen LogP contribution in [0.3, 0.4) is 0 Å². The number of nitrogen functional groups attached to an aromatic ring is 1. The van der Waals surface area contributed by atoms with E-state index >= 15 is 0 Å². The first-order chi connectivity index (χ1) is 10.1. The zero-order valence-corrected chi connectivity index (χ0v) is 12.9. The van der Waals surface area contributed by atoms with Crippen LogP contribution in [0.1, 0.15) is 33.8 Å². The third-order valence-electron chi connectivity index (χ3n) is 4.05. The number of nitrogens with zero attached hydrogens (tertiary/aromatic N) is 1. The highest BCUT2D eigenvalue weighted by Crippen LogP contribution is 2.36. The minimum absolute atomic E-state index is 0.300. The second kappa shape index (κ2) is 5.41. The van der Waals surface area contributed by atoms with E-state index in [0.717, 1.165) is 18.7 Å². The van der Waals surface area contributed by atoms with E-state index in [-0.39, 0.29) is 0 Å². The number of nitrogens with two attached hydrogens (primary N) is 1. The molecule has 5 heteroatoms. The SMILES string of the molecule is COC(=O)c1cc(N2CCc3sccc3C2C)ccc1N. The Morgan fingerprint density at radius 1 is 1.43 bits per heavy atom. The monoisotopic (exact) mass is 302 g/mol. The van der Waals surface area contributed by atoms with Crippen molar-refractivity contribution in [2.75, 3.05) is 24.3 Å². The van der Waals surface area contributed by atoms with Crippen molar-refractivity contribution in [2.45, 2.75) is 19.4 Å². The van der Waals surface area contributed by atoms with Gasteiger partial charge < -0.3 is 15.4 Å². The van der Waals surface area contributed by atoms with Gasteiger partial charge in [0.1, 0.15) is 0 Å². The van der Waals surface area contributed by atoms with Crippen LogP contribution in [0, 0.1) is 0 Å². The zero-order valence-electron chi connectivity index (χ0n) is 12.1. The van der Waals surface area contributed by atoms with Gasteiger partial charge in [-0.3, -0.25) is 0 Å². The van der Waals surface area contributed by atoms with Crippen LogP contribution in [-0.2, 0) is 11.2 Å². The molecule has 21 heavy (non-hydrogen) atoms. The number of rotatable bonds is 2. The van der Waals surface area contributed by atoms with Crippen molar-refractivity contribution in [3.8, 4) is 0 Å². The van der Waals surface area contributed by atoms with Crippen molar-refractivity contribution in [3.63, 3.8) is 0 Å². The smallest absolute Gasteiger partial charge is 0.340 e. The number of methoxy groups -OCH3 is 1. The van der Waals surface area contributed by atoms with Crippen LogP contribution in [0.2, 0.25) is 0 Å². The number of thiophene rings is 1. The van der Waals surface area contributed by atoms with Gasteiger partial charge in [-0.25, -0.2) is 4.79 Å². The van der Waals surface area contributed by atoms with Crippen LogP contribution in [0.4, 0.5) is 11.4 Å². The lowest BCUT2D eigenvalue weighted by atomic mass is 10.00. The van der Waals surface area contributed by atoms with Crippen LogP contribution in [0.25, 0.3) is 0 Å². The Hall–Kier alpha value is -2.01. The first-order valence-electron chi connectivity index (χ1n) is 6.92. The summed E-state index contributed by atoms with van der Waals surface area (Å²) in [5.74, 6) is -0.393. The molecular weight excluding hydrogens is 284 g/mol. The van der Waals surface area contributed by atoms with Gasteiger partial charge in [0.15, 0.2) is 0 Å². The number of carbonyl (C=O) groups excluding carboxylic acids is 1. The molecule has 0 saturated carbocycles. The van der Waals surface area contributed by atoms with E-state index in [4.69, 9.17) is 10.5 Å². The van der Waals surface area contributed by atoms with Gasteiger partial charge in [0.05, 0.1) is 18.7 Å². The highest BCUT2D eigenvalue weighted by Gasteiger charge is 2.25. The van der Waals surface area contributed by atoms with E-state index in [9.17, 15) is 4.79 Å². The molecule has 1 aromatic carbocycles. The van der Waals surface area contributed by atoms with Gasteiger partial charge in [0.2, 0.25) is 0 Å². The molecule has 2 N–H and O–H groups in total. The maximum atomic E-state index is 11.8. The minimum Gasteiger partial charge on any atom is -0.465 e. The van der Waals surface area contributed by atoms with Crippen molar-refractivity contribution >= 4 is 28.7 Å². The van der Waals surface area contributed by atoms with Crippen molar-refractivity contribution < 1.29 is 9.53 Å². The first kappa shape index (κ1) is 13.9. The highest BCUT2D eigenvalue weighted by atomic mass is 32.1. The van der Waals surface area contributed by atoms with Crippen LogP contribution < -0.4 is 10.6 Å². The average molecular weight is 302 g/mol. The molecule has 2 heterocycles. The van der Waals surface area contributed by atoms with Gasteiger partial charge in [-0.1, -0.05) is 0 Å². The van der Waals surface area contributed by atoms with Gasteiger partial charge in [0.25, 0.3) is 0 Å². The fraction of sp³-hybridized carbons (Fsp3) is 0.312. The quantitative estimate of drug-likeness (QED) is 0.683. The van der Waals surface area contributed by atoms with Gasteiger partial charge in [0, 0.05) is 22.8 Å². The number of ether oxygens (including phenoxy) is 1. The summed E-state index contributed by atoms with van der Waals surface area (Å²) < 4.78 is 4.79. The molecule has 1 aliphatic rings. The molecule has 110 valence electrons. The second-order valence-corrected chi connectivity index (χ2v) is 6.18. The third kappa shape index (κ3) is 2.38. The number of hydrogen-bond acceptors (Lipinski definition) is 5. The second-order valence-electron chi connectivity index (χ2n) is 5.18. The Bertz CT molecular complexity index is 681. The number of fused-ring (bicyclic) bond motifs is 1. The molecule has 0 radical (unpaired) electrons. The fourth-order valence-electron chi connectivity index (χ4n) is 2.87. The normalized spacial score (nSPS) is 17.4. The molecule has 1 atom stereocenters. The molecule has 0 spiro atoms. The lowest BCUT2D eigenvalue weighted by molar-refractivity contribution is 0.0602. The van der Waals surface area contributed by atoms with Crippen molar-refractivity contribution in [1.29, 1.82) is 0 Å². The Kier molecular flexibility index (Phi) is 3.59. The maximum Gasteiger partial charge on any atom is 0.340 e. The predicted octanol–water partition coefficient (Wildman–Crippen LogP) is 3.24. The molecule has 1 aromatic heterocycles.